The maximum absolute atomic E-state index is 12.9. The molecular weight excluding hydrogens is 376 g/mol. The van der Waals surface area contributed by atoms with E-state index in [1.54, 1.807) is 10.9 Å². The standard InChI is InChI=1S/C23H24N6O/c1-29-14-18(13-26-29)17-8-4-5-15(11-17)12-25-23(30)21-20-19(9-10-24-21)27-22(28-20)16-6-2-3-7-16/h4-5,8-11,13-14,16H,2-3,6-7,12H2,1H3,(H,25,30)(H,27,28). The zero-order valence-corrected chi connectivity index (χ0v) is 16.9. The zero-order valence-electron chi connectivity index (χ0n) is 16.9. The molecule has 7 heteroatoms. The molecule has 152 valence electrons. The number of nitrogens with zero attached hydrogens (tertiary/aromatic N) is 4. The van der Waals surface area contributed by atoms with Gasteiger partial charge in [-0.3, -0.25) is 9.48 Å². The Hall–Kier alpha value is -3.48. The normalized spacial score (nSPS) is 14.4. The number of fused-ring (bicyclic) bond motifs is 1. The summed E-state index contributed by atoms with van der Waals surface area (Å²) < 4.78 is 1.78. The number of amides is 1. The van der Waals surface area contributed by atoms with Crippen LogP contribution in [-0.2, 0) is 13.6 Å². The van der Waals surface area contributed by atoms with E-state index in [1.165, 1.54) is 12.8 Å². The number of carbonyl (C=O) groups is 1. The molecule has 1 aliphatic carbocycles. The maximum Gasteiger partial charge on any atom is 0.272 e. The van der Waals surface area contributed by atoms with Crippen LogP contribution in [0, 0.1) is 0 Å². The molecule has 0 spiro atoms. The summed E-state index contributed by atoms with van der Waals surface area (Å²) in [5.41, 5.74) is 5.07. The number of aryl methyl sites for hydroxylation is 1. The van der Waals surface area contributed by atoms with E-state index in [-0.39, 0.29) is 5.91 Å². The predicted octanol–water partition coefficient (Wildman–Crippen LogP) is 3.95. The van der Waals surface area contributed by atoms with Crippen LogP contribution in [0.1, 0.15) is 53.5 Å². The fourth-order valence-electron chi connectivity index (χ4n) is 4.22. The average molecular weight is 400 g/mol. The molecule has 0 radical (unpaired) electrons. The van der Waals surface area contributed by atoms with Gasteiger partial charge >= 0.3 is 0 Å². The van der Waals surface area contributed by atoms with Crippen LogP contribution < -0.4 is 5.32 Å². The second kappa shape index (κ2) is 7.74. The van der Waals surface area contributed by atoms with Crippen LogP contribution in [0.25, 0.3) is 22.2 Å². The summed E-state index contributed by atoms with van der Waals surface area (Å²) in [6.45, 7) is 0.425. The molecule has 2 N–H and O–H groups in total. The number of imidazole rings is 1. The molecular formula is C23H24N6O. The molecule has 0 saturated heterocycles. The van der Waals surface area contributed by atoms with Gasteiger partial charge < -0.3 is 10.3 Å². The molecule has 3 aromatic heterocycles. The highest BCUT2D eigenvalue weighted by Crippen LogP contribution is 2.33. The first-order chi connectivity index (χ1) is 14.7. The Morgan fingerprint density at radius 2 is 2.10 bits per heavy atom. The summed E-state index contributed by atoms with van der Waals surface area (Å²) in [5.74, 6) is 1.24. The fourth-order valence-corrected chi connectivity index (χ4v) is 4.22. The highest BCUT2D eigenvalue weighted by Gasteiger charge is 2.22. The first-order valence-corrected chi connectivity index (χ1v) is 10.4. The molecule has 5 rings (SSSR count). The lowest BCUT2D eigenvalue weighted by atomic mass is 10.1. The lowest BCUT2D eigenvalue weighted by Gasteiger charge is -2.07. The van der Waals surface area contributed by atoms with Crippen molar-refractivity contribution < 1.29 is 4.79 Å². The third kappa shape index (κ3) is 3.58. The molecule has 30 heavy (non-hydrogen) atoms. The first-order valence-electron chi connectivity index (χ1n) is 10.4. The topological polar surface area (TPSA) is 88.5 Å². The Labute approximate surface area is 174 Å². The van der Waals surface area contributed by atoms with E-state index >= 15 is 0 Å². The average Bonchev–Trinajstić information content (AvgIpc) is 3.51. The predicted molar refractivity (Wildman–Crippen MR) is 115 cm³/mol. The van der Waals surface area contributed by atoms with Crippen LogP contribution in [0.4, 0.5) is 0 Å². The maximum atomic E-state index is 12.9. The van der Waals surface area contributed by atoms with Crippen LogP contribution >= 0.6 is 0 Å². The number of nitrogens with one attached hydrogen (secondary N) is 2. The minimum atomic E-state index is -0.200. The van der Waals surface area contributed by atoms with Crippen molar-refractivity contribution in [2.75, 3.05) is 0 Å². The highest BCUT2D eigenvalue weighted by atomic mass is 16.1. The van der Waals surface area contributed by atoms with Crippen molar-refractivity contribution in [3.05, 3.63) is 66.0 Å². The molecule has 1 fully saturated rings. The van der Waals surface area contributed by atoms with Gasteiger partial charge in [-0.15, -0.1) is 0 Å². The third-order valence-electron chi connectivity index (χ3n) is 5.80. The molecule has 0 unspecified atom stereocenters. The van der Waals surface area contributed by atoms with Crippen LogP contribution in [0.5, 0.6) is 0 Å². The van der Waals surface area contributed by atoms with E-state index < -0.39 is 0 Å². The first kappa shape index (κ1) is 18.5. The molecule has 3 heterocycles. The van der Waals surface area contributed by atoms with Crippen molar-refractivity contribution in [2.24, 2.45) is 7.05 Å². The Bertz CT molecular complexity index is 1200. The lowest BCUT2D eigenvalue weighted by molar-refractivity contribution is 0.0947. The third-order valence-corrected chi connectivity index (χ3v) is 5.80. The molecule has 1 aromatic carbocycles. The molecule has 1 aliphatic rings. The van der Waals surface area contributed by atoms with Crippen LogP contribution in [0.15, 0.2) is 48.9 Å². The van der Waals surface area contributed by atoms with Gasteiger partial charge in [0.1, 0.15) is 5.82 Å². The van der Waals surface area contributed by atoms with Crippen molar-refractivity contribution in [2.45, 2.75) is 38.1 Å². The smallest absolute Gasteiger partial charge is 0.272 e. The van der Waals surface area contributed by atoms with Crippen molar-refractivity contribution in [1.82, 2.24) is 30.0 Å². The Kier molecular flexibility index (Phi) is 4.78. The number of benzene rings is 1. The molecule has 4 aromatic rings. The minimum absolute atomic E-state index is 0.200. The fraction of sp³-hybridized carbons (Fsp3) is 0.304. The number of aromatic amines is 1. The lowest BCUT2D eigenvalue weighted by Crippen LogP contribution is -2.24. The van der Waals surface area contributed by atoms with Crippen LogP contribution in [-0.4, -0.2) is 30.6 Å². The van der Waals surface area contributed by atoms with Gasteiger partial charge in [-0.1, -0.05) is 31.0 Å². The molecule has 0 atom stereocenters. The summed E-state index contributed by atoms with van der Waals surface area (Å²) >= 11 is 0. The number of hydrogen-bond acceptors (Lipinski definition) is 4. The van der Waals surface area contributed by atoms with E-state index in [0.717, 1.165) is 46.4 Å². The monoisotopic (exact) mass is 400 g/mol. The van der Waals surface area contributed by atoms with E-state index in [4.69, 9.17) is 4.98 Å². The van der Waals surface area contributed by atoms with Crippen LogP contribution in [0.3, 0.4) is 0 Å². The number of rotatable bonds is 5. The van der Waals surface area contributed by atoms with Crippen molar-refractivity contribution in [3.63, 3.8) is 0 Å². The highest BCUT2D eigenvalue weighted by molar-refractivity contribution is 6.02. The molecule has 1 amide bonds. The van der Waals surface area contributed by atoms with Gasteiger partial charge in [0.2, 0.25) is 0 Å². The van der Waals surface area contributed by atoms with E-state index in [1.807, 2.05) is 43.7 Å². The van der Waals surface area contributed by atoms with E-state index in [0.29, 0.717) is 18.2 Å². The van der Waals surface area contributed by atoms with Gasteiger partial charge in [-0.2, -0.15) is 5.10 Å². The Morgan fingerprint density at radius 1 is 1.23 bits per heavy atom. The number of pyridine rings is 1. The summed E-state index contributed by atoms with van der Waals surface area (Å²) in [6, 6.07) is 9.96. The van der Waals surface area contributed by atoms with Crippen molar-refractivity contribution >= 4 is 16.9 Å². The Balaban J connectivity index is 1.34. The quantitative estimate of drug-likeness (QED) is 0.531. The summed E-state index contributed by atoms with van der Waals surface area (Å²) in [5, 5.41) is 7.23. The summed E-state index contributed by atoms with van der Waals surface area (Å²) in [7, 11) is 1.90. The molecule has 0 aliphatic heterocycles. The largest absolute Gasteiger partial charge is 0.347 e. The summed E-state index contributed by atoms with van der Waals surface area (Å²) in [6.07, 6.45) is 10.3. The summed E-state index contributed by atoms with van der Waals surface area (Å²) in [4.78, 5) is 25.3. The van der Waals surface area contributed by atoms with Crippen molar-refractivity contribution in [1.29, 1.82) is 0 Å². The van der Waals surface area contributed by atoms with Crippen LogP contribution in [0.2, 0.25) is 0 Å². The van der Waals surface area contributed by atoms with Crippen molar-refractivity contribution in [3.8, 4) is 11.1 Å². The van der Waals surface area contributed by atoms with Gasteiger partial charge in [0.05, 0.1) is 17.2 Å². The van der Waals surface area contributed by atoms with Gasteiger partial charge in [-0.05, 0) is 36.1 Å². The molecule has 7 nitrogen and oxygen atoms in total. The van der Waals surface area contributed by atoms with Gasteiger partial charge in [0.15, 0.2) is 5.69 Å². The van der Waals surface area contributed by atoms with Gasteiger partial charge in [0.25, 0.3) is 5.91 Å². The SMILES string of the molecule is Cn1cc(-c2cccc(CNC(=O)c3nccc4nc(C5CCCC5)[nH]c34)c2)cn1. The molecule has 1 saturated carbocycles. The number of carbonyl (C=O) groups excluding carboxylic acids is 1. The number of aromatic nitrogens is 5. The van der Waals surface area contributed by atoms with E-state index in [9.17, 15) is 4.79 Å². The van der Waals surface area contributed by atoms with Gasteiger partial charge in [-0.25, -0.2) is 9.97 Å². The number of H-pyrrole nitrogens is 1. The zero-order chi connectivity index (χ0) is 20.5. The Morgan fingerprint density at radius 3 is 2.90 bits per heavy atom. The second-order valence-electron chi connectivity index (χ2n) is 7.94. The van der Waals surface area contributed by atoms with Gasteiger partial charge in [0, 0.05) is 37.5 Å². The second-order valence-corrected chi connectivity index (χ2v) is 7.94. The number of hydrogen-bond donors (Lipinski definition) is 2. The van der Waals surface area contributed by atoms with E-state index in [2.05, 4.69) is 26.4 Å². The molecule has 0 bridgehead atoms. The minimum Gasteiger partial charge on any atom is -0.347 e.